The van der Waals surface area contributed by atoms with Crippen molar-refractivity contribution in [1.82, 2.24) is 34.1 Å². The van der Waals surface area contributed by atoms with Gasteiger partial charge in [-0.25, -0.2) is 17.5 Å². The summed E-state index contributed by atoms with van der Waals surface area (Å²) in [5, 5.41) is 13.0. The third-order valence-corrected chi connectivity index (χ3v) is 11.5. The molecule has 1 aromatic carbocycles. The number of carbonyl (C=O) groups excluding carboxylic acids is 1. The molecule has 0 amide bonds. The van der Waals surface area contributed by atoms with E-state index in [-0.39, 0.29) is 22.7 Å². The quantitative estimate of drug-likeness (QED) is 0.260. The molecule has 0 saturated heterocycles. The number of fused-ring (bicyclic) bond motifs is 2. The zero-order chi connectivity index (χ0) is 30.2. The van der Waals surface area contributed by atoms with Crippen molar-refractivity contribution in [2.45, 2.75) is 74.4 Å². The first kappa shape index (κ1) is 27.5. The summed E-state index contributed by atoms with van der Waals surface area (Å²) in [6, 6.07) is 9.69. The first-order valence-electron chi connectivity index (χ1n) is 15.2. The molecular formula is C32H32FN7O3S. The Morgan fingerprint density at radius 1 is 1.00 bits per heavy atom. The highest BCUT2D eigenvalue weighted by Gasteiger charge is 2.51. The fourth-order valence-electron chi connectivity index (χ4n) is 6.83. The second-order valence-electron chi connectivity index (χ2n) is 12.6. The number of hydrogen-bond acceptors (Lipinski definition) is 7. The molecule has 44 heavy (non-hydrogen) atoms. The van der Waals surface area contributed by atoms with Crippen LogP contribution in [0.25, 0.3) is 11.8 Å². The Morgan fingerprint density at radius 3 is 2.50 bits per heavy atom. The summed E-state index contributed by atoms with van der Waals surface area (Å²) >= 11 is 0. The van der Waals surface area contributed by atoms with E-state index < -0.39 is 21.5 Å². The smallest absolute Gasteiger partial charge is 0.264 e. The van der Waals surface area contributed by atoms with E-state index >= 15 is 0 Å². The monoisotopic (exact) mass is 613 g/mol. The number of benzene rings is 1. The number of hydrogen-bond donors (Lipinski definition) is 0. The van der Waals surface area contributed by atoms with Gasteiger partial charge in [-0.05, 0) is 105 Å². The van der Waals surface area contributed by atoms with Gasteiger partial charge in [0.05, 0.1) is 35.2 Å². The Labute approximate surface area is 254 Å². The predicted molar refractivity (Wildman–Crippen MR) is 159 cm³/mol. The van der Waals surface area contributed by atoms with E-state index in [0.717, 1.165) is 53.8 Å². The number of rotatable bonds is 8. The topological polar surface area (TPSA) is 116 Å². The molecular weight excluding hydrogens is 581 g/mol. The highest BCUT2D eigenvalue weighted by atomic mass is 32.2. The zero-order valence-corrected chi connectivity index (χ0v) is 25.1. The molecule has 3 saturated carbocycles. The Bertz CT molecular complexity index is 1910. The maximum absolute atomic E-state index is 14.6. The summed E-state index contributed by atoms with van der Waals surface area (Å²) in [4.78, 5) is 20.7. The minimum atomic E-state index is -3.94. The number of halogens is 1. The van der Waals surface area contributed by atoms with Crippen molar-refractivity contribution in [1.29, 1.82) is 0 Å². The van der Waals surface area contributed by atoms with Gasteiger partial charge in [0.15, 0.2) is 5.78 Å². The van der Waals surface area contributed by atoms with Crippen LogP contribution in [0, 0.1) is 11.2 Å². The third kappa shape index (κ3) is 4.54. The fraction of sp³-hybridized carbons (Fsp3) is 0.406. The van der Waals surface area contributed by atoms with Crippen molar-refractivity contribution >= 4 is 21.9 Å². The van der Waals surface area contributed by atoms with Crippen molar-refractivity contribution in [3.05, 3.63) is 88.9 Å². The van der Waals surface area contributed by atoms with Crippen LogP contribution in [-0.4, -0.2) is 61.4 Å². The first-order valence-corrected chi connectivity index (χ1v) is 16.6. The van der Waals surface area contributed by atoms with Gasteiger partial charge < -0.3 is 0 Å². The lowest BCUT2D eigenvalue weighted by molar-refractivity contribution is 0.0747. The van der Waals surface area contributed by atoms with Crippen LogP contribution in [0.1, 0.15) is 84.2 Å². The first-order chi connectivity index (χ1) is 21.2. The van der Waals surface area contributed by atoms with Gasteiger partial charge in [-0.2, -0.15) is 19.3 Å². The molecule has 0 bridgehead atoms. The number of allylic oxidation sites excluding steroid dienone is 1. The SMILES string of the molecule is CN([C@H]1CCC2=Cc3c(cnn3-c3ccc(F)cc3)C[C@]2(C(=O)c2ccc(C3CC3)cn2)C1)S(=O)(=O)c1cnn(C2CC2)n1. The molecule has 0 spiro atoms. The molecule has 3 fully saturated rings. The van der Waals surface area contributed by atoms with Gasteiger partial charge in [0.2, 0.25) is 5.03 Å². The van der Waals surface area contributed by atoms with Crippen molar-refractivity contribution in [2.75, 3.05) is 7.05 Å². The molecule has 4 aromatic rings. The number of ketones is 1. The van der Waals surface area contributed by atoms with Crippen molar-refractivity contribution in [2.24, 2.45) is 5.41 Å². The molecule has 4 aliphatic carbocycles. The fourth-order valence-corrected chi connectivity index (χ4v) is 8.06. The molecule has 3 heterocycles. The Balaban J connectivity index is 1.16. The van der Waals surface area contributed by atoms with E-state index in [1.807, 2.05) is 24.4 Å². The van der Waals surface area contributed by atoms with Gasteiger partial charge in [-0.1, -0.05) is 11.6 Å². The van der Waals surface area contributed by atoms with E-state index in [4.69, 9.17) is 0 Å². The summed E-state index contributed by atoms with van der Waals surface area (Å²) < 4.78 is 44.3. The molecule has 8 rings (SSSR count). The summed E-state index contributed by atoms with van der Waals surface area (Å²) in [7, 11) is -2.36. The maximum Gasteiger partial charge on any atom is 0.264 e. The van der Waals surface area contributed by atoms with Gasteiger partial charge in [0.1, 0.15) is 11.5 Å². The lowest BCUT2D eigenvalue weighted by atomic mass is 9.60. The van der Waals surface area contributed by atoms with Crippen LogP contribution in [0.4, 0.5) is 4.39 Å². The highest BCUT2D eigenvalue weighted by Crippen LogP contribution is 2.51. The molecule has 10 nitrogen and oxygen atoms in total. The molecule has 12 heteroatoms. The molecule has 4 aliphatic rings. The standard InChI is InChI=1S/C32H32FN7O3S/c1-38(44(42,43)30-19-36-40(37-30)26-11-12-26)27-8-5-23-14-29-22(18-35-39(29)25-9-6-24(33)7-10-25)15-32(23,16-27)31(41)28-13-4-21(17-34-28)20-2-3-20/h4,6-7,9-10,13-14,17-20,26-27H,2-3,5,8,11-12,15-16H2,1H3/t27-,32-/m0/s1. The minimum Gasteiger partial charge on any atom is -0.291 e. The lowest BCUT2D eigenvalue weighted by Crippen LogP contribution is -2.49. The van der Waals surface area contributed by atoms with Gasteiger partial charge in [0.25, 0.3) is 10.0 Å². The normalized spacial score (nSPS) is 23.2. The van der Waals surface area contributed by atoms with Crippen LogP contribution in [0.3, 0.4) is 0 Å². The average Bonchev–Trinajstić information content (AvgIpc) is 3.98. The molecule has 0 aliphatic heterocycles. The van der Waals surface area contributed by atoms with E-state index in [1.54, 1.807) is 30.1 Å². The van der Waals surface area contributed by atoms with Gasteiger partial charge in [-0.15, -0.1) is 5.10 Å². The highest BCUT2D eigenvalue weighted by molar-refractivity contribution is 7.89. The predicted octanol–water partition coefficient (Wildman–Crippen LogP) is 4.89. The zero-order valence-electron chi connectivity index (χ0n) is 24.3. The molecule has 2 atom stereocenters. The Morgan fingerprint density at radius 2 is 1.80 bits per heavy atom. The number of pyridine rings is 1. The van der Waals surface area contributed by atoms with Crippen LogP contribution in [0.5, 0.6) is 0 Å². The van der Waals surface area contributed by atoms with Crippen LogP contribution in [-0.2, 0) is 16.4 Å². The summed E-state index contributed by atoms with van der Waals surface area (Å²) in [6.45, 7) is 0. The number of sulfonamides is 1. The van der Waals surface area contributed by atoms with Crippen LogP contribution < -0.4 is 0 Å². The second-order valence-corrected chi connectivity index (χ2v) is 14.5. The summed E-state index contributed by atoms with van der Waals surface area (Å²) in [5.74, 6) is 0.0810. The number of aromatic nitrogens is 6. The van der Waals surface area contributed by atoms with Crippen LogP contribution in [0.2, 0.25) is 0 Å². The number of Topliss-reactive ketones (excluding diaryl/α,β-unsaturated/α-hetero) is 1. The minimum absolute atomic E-state index is 0.0718. The second kappa shape index (κ2) is 10.00. The maximum atomic E-state index is 14.6. The number of carbonyl (C=O) groups is 1. The van der Waals surface area contributed by atoms with E-state index in [1.165, 1.54) is 27.4 Å². The van der Waals surface area contributed by atoms with Gasteiger partial charge >= 0.3 is 0 Å². The van der Waals surface area contributed by atoms with Crippen molar-refractivity contribution in [3.63, 3.8) is 0 Å². The Hall–Kier alpha value is -4.03. The van der Waals surface area contributed by atoms with E-state index in [9.17, 15) is 17.6 Å². The average molecular weight is 614 g/mol. The summed E-state index contributed by atoms with van der Waals surface area (Å²) in [5.41, 5.74) is 3.92. The van der Waals surface area contributed by atoms with Gasteiger partial charge in [0, 0.05) is 19.3 Å². The molecule has 0 unspecified atom stereocenters. The lowest BCUT2D eigenvalue weighted by Gasteiger charge is -2.45. The van der Waals surface area contributed by atoms with E-state index in [0.29, 0.717) is 37.3 Å². The van der Waals surface area contributed by atoms with Gasteiger partial charge in [-0.3, -0.25) is 9.78 Å². The van der Waals surface area contributed by atoms with Crippen molar-refractivity contribution < 1.29 is 17.6 Å². The van der Waals surface area contributed by atoms with Crippen LogP contribution >= 0.6 is 0 Å². The molecule has 0 N–H and O–H groups in total. The van der Waals surface area contributed by atoms with Crippen molar-refractivity contribution in [3.8, 4) is 5.69 Å². The summed E-state index contributed by atoms with van der Waals surface area (Å²) in [6.07, 6.45) is 12.8. The van der Waals surface area contributed by atoms with Crippen LogP contribution in [0.15, 0.2) is 65.6 Å². The largest absolute Gasteiger partial charge is 0.291 e. The number of nitrogens with zero attached hydrogens (tertiary/aromatic N) is 7. The Kier molecular flexibility index (Phi) is 6.25. The third-order valence-electron chi connectivity index (χ3n) is 9.73. The molecule has 0 radical (unpaired) electrons. The van der Waals surface area contributed by atoms with E-state index in [2.05, 4.69) is 20.3 Å². The molecule has 226 valence electrons. The molecule has 3 aromatic heterocycles.